The van der Waals surface area contributed by atoms with Gasteiger partial charge in [0.1, 0.15) is 6.61 Å². The van der Waals surface area contributed by atoms with Gasteiger partial charge in [0.15, 0.2) is 0 Å². The van der Waals surface area contributed by atoms with Crippen LogP contribution in [0.25, 0.3) is 0 Å². The summed E-state index contributed by atoms with van der Waals surface area (Å²) in [5.74, 6) is -0.243. The summed E-state index contributed by atoms with van der Waals surface area (Å²) in [4.78, 5) is 12.4. The van der Waals surface area contributed by atoms with Gasteiger partial charge in [-0.05, 0) is 24.1 Å². The highest BCUT2D eigenvalue weighted by molar-refractivity contribution is 7.80. The fourth-order valence-corrected chi connectivity index (χ4v) is 1.60. The van der Waals surface area contributed by atoms with Gasteiger partial charge in [-0.3, -0.25) is 4.79 Å². The van der Waals surface area contributed by atoms with Crippen molar-refractivity contribution in [3.8, 4) is 0 Å². The van der Waals surface area contributed by atoms with Crippen molar-refractivity contribution in [2.45, 2.75) is 17.7 Å². The first-order valence-electron chi connectivity index (χ1n) is 6.22. The van der Waals surface area contributed by atoms with E-state index in [2.05, 4.69) is 12.6 Å². The van der Waals surface area contributed by atoms with Gasteiger partial charge in [-0.25, -0.2) is 0 Å². The van der Waals surface area contributed by atoms with Gasteiger partial charge in [0, 0.05) is 25.2 Å². The Bertz CT molecular complexity index is 364. The molecule has 0 spiro atoms. The number of rotatable bonds is 9. The number of carbonyl (C=O) groups is 1. The number of benzene rings is 1. The molecule has 0 heterocycles. The van der Waals surface area contributed by atoms with E-state index in [0.717, 1.165) is 16.9 Å². The Morgan fingerprint density at radius 3 is 2.53 bits per heavy atom. The predicted octanol–water partition coefficient (Wildman–Crippen LogP) is 2.11. The Hall–Kier alpha value is -1.04. The molecule has 0 saturated carbocycles. The highest BCUT2D eigenvalue weighted by Crippen LogP contribution is 2.08. The predicted molar refractivity (Wildman–Crippen MR) is 75.7 cm³/mol. The Labute approximate surface area is 119 Å². The van der Waals surface area contributed by atoms with Crippen LogP contribution in [0.5, 0.6) is 0 Å². The van der Waals surface area contributed by atoms with Crippen LogP contribution in [0.3, 0.4) is 0 Å². The molecule has 0 N–H and O–H groups in total. The zero-order valence-corrected chi connectivity index (χ0v) is 12.0. The Balaban J connectivity index is 2.06. The Morgan fingerprint density at radius 1 is 1.11 bits per heavy atom. The van der Waals surface area contributed by atoms with Crippen molar-refractivity contribution in [2.24, 2.45) is 0 Å². The average molecular weight is 284 g/mol. The van der Waals surface area contributed by atoms with E-state index in [0.29, 0.717) is 19.8 Å². The molecule has 0 amide bonds. The van der Waals surface area contributed by atoms with E-state index in [1.165, 1.54) is 0 Å². The molecule has 0 aliphatic heterocycles. The maximum atomic E-state index is 11.5. The smallest absolute Gasteiger partial charge is 0.310 e. The molecule has 0 aliphatic rings. The number of carbonyl (C=O) groups excluding carboxylic acids is 1. The summed E-state index contributed by atoms with van der Waals surface area (Å²) in [6.45, 7) is 2.01. The molecule has 0 radical (unpaired) electrons. The minimum atomic E-state index is -0.243. The lowest BCUT2D eigenvalue weighted by Crippen LogP contribution is -2.13. The highest BCUT2D eigenvalue weighted by Gasteiger charge is 2.04. The molecule has 1 aromatic rings. The second-order valence-corrected chi connectivity index (χ2v) is 4.54. The third-order valence-corrected chi connectivity index (χ3v) is 2.71. The van der Waals surface area contributed by atoms with Crippen molar-refractivity contribution in [1.29, 1.82) is 0 Å². The van der Waals surface area contributed by atoms with E-state index in [-0.39, 0.29) is 19.0 Å². The van der Waals surface area contributed by atoms with Gasteiger partial charge in [0.05, 0.1) is 13.0 Å². The molecule has 1 rings (SSSR count). The average Bonchev–Trinajstić information content (AvgIpc) is 2.40. The molecule has 19 heavy (non-hydrogen) atoms. The van der Waals surface area contributed by atoms with Crippen LogP contribution in [0.1, 0.15) is 12.0 Å². The van der Waals surface area contributed by atoms with Gasteiger partial charge in [0.25, 0.3) is 0 Å². The summed E-state index contributed by atoms with van der Waals surface area (Å²) in [6, 6.07) is 7.44. The van der Waals surface area contributed by atoms with Crippen LogP contribution in [0.4, 0.5) is 0 Å². The number of ether oxygens (including phenoxy) is 3. The quantitative estimate of drug-likeness (QED) is 0.428. The molecule has 0 unspecified atom stereocenters. The van der Waals surface area contributed by atoms with E-state index < -0.39 is 0 Å². The number of methoxy groups -OCH3 is 1. The monoisotopic (exact) mass is 284 g/mol. The van der Waals surface area contributed by atoms with Crippen molar-refractivity contribution >= 4 is 18.6 Å². The van der Waals surface area contributed by atoms with Crippen LogP contribution >= 0.6 is 12.6 Å². The fourth-order valence-electron chi connectivity index (χ4n) is 1.45. The normalized spacial score (nSPS) is 10.4. The minimum Gasteiger partial charge on any atom is -0.463 e. The second kappa shape index (κ2) is 9.83. The van der Waals surface area contributed by atoms with Gasteiger partial charge in [-0.15, -0.1) is 12.6 Å². The van der Waals surface area contributed by atoms with Gasteiger partial charge in [0.2, 0.25) is 0 Å². The lowest BCUT2D eigenvalue weighted by molar-refractivity contribution is -0.144. The standard InChI is InChI=1S/C14H20O4S/c1-16-7-2-8-17-9-10-18-14(15)11-12-3-5-13(19)6-4-12/h3-6,19H,2,7-11H2,1H3. The second-order valence-electron chi connectivity index (χ2n) is 4.02. The Kier molecular flexibility index (Phi) is 8.29. The van der Waals surface area contributed by atoms with Gasteiger partial charge in [-0.1, -0.05) is 12.1 Å². The zero-order valence-electron chi connectivity index (χ0n) is 11.1. The molecular formula is C14H20O4S. The van der Waals surface area contributed by atoms with Gasteiger partial charge >= 0.3 is 5.97 Å². The maximum Gasteiger partial charge on any atom is 0.310 e. The molecular weight excluding hydrogens is 264 g/mol. The lowest BCUT2D eigenvalue weighted by atomic mass is 10.1. The van der Waals surface area contributed by atoms with Crippen LogP contribution < -0.4 is 0 Å². The van der Waals surface area contributed by atoms with E-state index in [1.54, 1.807) is 7.11 Å². The number of hydrogen-bond donors (Lipinski definition) is 1. The molecule has 0 aromatic heterocycles. The zero-order chi connectivity index (χ0) is 13.9. The third kappa shape index (κ3) is 7.87. The van der Waals surface area contributed by atoms with E-state index in [9.17, 15) is 4.79 Å². The summed E-state index contributed by atoms with van der Waals surface area (Å²) in [7, 11) is 1.65. The molecule has 0 aliphatic carbocycles. The van der Waals surface area contributed by atoms with Crippen molar-refractivity contribution in [2.75, 3.05) is 33.5 Å². The third-order valence-electron chi connectivity index (χ3n) is 2.41. The molecule has 0 bridgehead atoms. The molecule has 0 saturated heterocycles. The minimum absolute atomic E-state index is 0.243. The molecule has 0 atom stereocenters. The number of thiol groups is 1. The number of esters is 1. The molecule has 1 aromatic carbocycles. The summed E-state index contributed by atoms with van der Waals surface area (Å²) >= 11 is 4.18. The first-order chi connectivity index (χ1) is 9.22. The highest BCUT2D eigenvalue weighted by atomic mass is 32.1. The fraction of sp³-hybridized carbons (Fsp3) is 0.500. The Morgan fingerprint density at radius 2 is 1.84 bits per heavy atom. The summed E-state index contributed by atoms with van der Waals surface area (Å²) < 4.78 is 15.2. The molecule has 4 nitrogen and oxygen atoms in total. The van der Waals surface area contributed by atoms with Crippen molar-refractivity contribution < 1.29 is 19.0 Å². The van der Waals surface area contributed by atoms with Crippen LogP contribution in [0.2, 0.25) is 0 Å². The van der Waals surface area contributed by atoms with E-state index >= 15 is 0 Å². The van der Waals surface area contributed by atoms with Crippen LogP contribution in [-0.4, -0.2) is 39.5 Å². The van der Waals surface area contributed by atoms with E-state index in [4.69, 9.17) is 14.2 Å². The van der Waals surface area contributed by atoms with Crippen molar-refractivity contribution in [3.63, 3.8) is 0 Å². The summed E-state index contributed by atoms with van der Waals surface area (Å²) in [6.07, 6.45) is 1.12. The van der Waals surface area contributed by atoms with Crippen molar-refractivity contribution in [3.05, 3.63) is 29.8 Å². The molecule has 5 heteroatoms. The van der Waals surface area contributed by atoms with Crippen LogP contribution in [0.15, 0.2) is 29.2 Å². The maximum absolute atomic E-state index is 11.5. The largest absolute Gasteiger partial charge is 0.463 e. The first-order valence-corrected chi connectivity index (χ1v) is 6.67. The van der Waals surface area contributed by atoms with Crippen LogP contribution in [-0.2, 0) is 25.4 Å². The van der Waals surface area contributed by atoms with Gasteiger partial charge < -0.3 is 14.2 Å². The SMILES string of the molecule is COCCCOCCOC(=O)Cc1ccc(S)cc1. The number of hydrogen-bond acceptors (Lipinski definition) is 5. The van der Waals surface area contributed by atoms with Gasteiger partial charge in [-0.2, -0.15) is 0 Å². The summed E-state index contributed by atoms with van der Waals surface area (Å²) in [5.41, 5.74) is 0.920. The van der Waals surface area contributed by atoms with E-state index in [1.807, 2.05) is 24.3 Å². The topological polar surface area (TPSA) is 44.8 Å². The van der Waals surface area contributed by atoms with Crippen LogP contribution in [0, 0.1) is 0 Å². The summed E-state index contributed by atoms with van der Waals surface area (Å²) in [5, 5.41) is 0. The lowest BCUT2D eigenvalue weighted by Gasteiger charge is -2.06. The molecule has 0 fully saturated rings. The van der Waals surface area contributed by atoms with Crippen molar-refractivity contribution in [1.82, 2.24) is 0 Å². The molecule has 106 valence electrons. The first kappa shape index (κ1) is 16.0.